The second-order valence-electron chi connectivity index (χ2n) is 9.55. The maximum atomic E-state index is 12.3. The molecular weight excluding hydrogens is 448 g/mol. The van der Waals surface area contributed by atoms with E-state index in [1.165, 1.54) is 0 Å². The third-order valence-corrected chi connectivity index (χ3v) is 6.07. The number of aliphatic carboxylic acids is 1. The quantitative estimate of drug-likeness (QED) is 0.0766. The molecule has 0 aliphatic rings. The van der Waals surface area contributed by atoms with E-state index >= 15 is 0 Å². The summed E-state index contributed by atoms with van der Waals surface area (Å²) in [6, 6.07) is 0. The summed E-state index contributed by atoms with van der Waals surface area (Å²) in [4.78, 5) is 22.8. The Kier molecular flexibility index (Phi) is 25.9. The Balaban J connectivity index is 3.84. The second-order valence-corrected chi connectivity index (χ2v) is 9.55. The normalized spacial score (nSPS) is 12.9. The van der Waals surface area contributed by atoms with Gasteiger partial charge in [-0.25, -0.2) is 0 Å². The highest BCUT2D eigenvalue weighted by Crippen LogP contribution is 2.17. The smallest absolute Gasteiger partial charge is 0.306 e. The van der Waals surface area contributed by atoms with Crippen molar-refractivity contribution in [3.63, 3.8) is 0 Å². The highest BCUT2D eigenvalue weighted by Gasteiger charge is 2.13. The Morgan fingerprint density at radius 1 is 0.639 bits per heavy atom. The molecule has 0 saturated carbocycles. The van der Waals surface area contributed by atoms with E-state index in [2.05, 4.69) is 62.5 Å². The average Bonchev–Trinajstić information content (AvgIpc) is 2.86. The van der Waals surface area contributed by atoms with E-state index in [0.29, 0.717) is 6.42 Å². The van der Waals surface area contributed by atoms with Crippen molar-refractivity contribution in [2.24, 2.45) is 0 Å². The van der Waals surface area contributed by atoms with Crippen LogP contribution in [0.4, 0.5) is 0 Å². The summed E-state index contributed by atoms with van der Waals surface area (Å²) in [5, 5.41) is 8.67. The predicted molar refractivity (Wildman–Crippen MR) is 153 cm³/mol. The van der Waals surface area contributed by atoms with Crippen molar-refractivity contribution in [2.45, 2.75) is 142 Å². The van der Waals surface area contributed by atoms with Crippen LogP contribution in [0.15, 0.2) is 48.6 Å². The fourth-order valence-electron chi connectivity index (χ4n) is 3.92. The number of rotatable bonds is 25. The fourth-order valence-corrected chi connectivity index (χ4v) is 3.92. The van der Waals surface area contributed by atoms with Gasteiger partial charge in [0.1, 0.15) is 6.10 Å². The molecule has 4 heteroatoms. The number of ether oxygens (including phenoxy) is 1. The van der Waals surface area contributed by atoms with E-state index < -0.39 is 5.97 Å². The molecule has 1 unspecified atom stereocenters. The van der Waals surface area contributed by atoms with Gasteiger partial charge in [0, 0.05) is 12.8 Å². The van der Waals surface area contributed by atoms with Crippen molar-refractivity contribution in [1.82, 2.24) is 0 Å². The van der Waals surface area contributed by atoms with Crippen molar-refractivity contribution < 1.29 is 19.4 Å². The molecule has 0 aromatic heterocycles. The zero-order valence-electron chi connectivity index (χ0n) is 23.3. The topological polar surface area (TPSA) is 63.6 Å². The standard InChI is InChI=1S/C32H54O4/c1-3-5-7-8-9-10-11-12-13-14-15-16-17-22-25-29-32(35)36-30(26-6-4-2)27-23-20-18-19-21-24-28-31(33)34/h5,7,9-10,12-13,15-16,30H,3-4,6,8,11,14,17-29H2,1-2H3,(H,33,34)/b7-5-,10-9-,13-12-,16-15-. The highest BCUT2D eigenvalue weighted by molar-refractivity contribution is 5.69. The molecule has 0 aliphatic carbocycles. The van der Waals surface area contributed by atoms with Gasteiger partial charge in [0.05, 0.1) is 0 Å². The van der Waals surface area contributed by atoms with Crippen LogP contribution in [-0.4, -0.2) is 23.1 Å². The number of carboxylic acids is 1. The van der Waals surface area contributed by atoms with Gasteiger partial charge in [0.15, 0.2) is 0 Å². The van der Waals surface area contributed by atoms with Crippen LogP contribution in [-0.2, 0) is 14.3 Å². The molecule has 0 radical (unpaired) electrons. The SMILES string of the molecule is CC/C=C\C/C=C\C/C=C\C/C=C\CCCCC(=O)OC(CCCC)CCCCCCCCC(=O)O. The van der Waals surface area contributed by atoms with Crippen molar-refractivity contribution in [3.8, 4) is 0 Å². The van der Waals surface area contributed by atoms with Gasteiger partial charge in [0.2, 0.25) is 0 Å². The second kappa shape index (κ2) is 27.5. The Bertz CT molecular complexity index is 630. The van der Waals surface area contributed by atoms with Crippen molar-refractivity contribution in [2.75, 3.05) is 0 Å². The van der Waals surface area contributed by atoms with Gasteiger partial charge < -0.3 is 9.84 Å². The predicted octanol–water partition coefficient (Wildman–Crippen LogP) is 9.66. The first-order valence-electron chi connectivity index (χ1n) is 14.6. The van der Waals surface area contributed by atoms with Gasteiger partial charge in [-0.1, -0.05) is 101 Å². The number of carbonyl (C=O) groups is 2. The average molecular weight is 503 g/mol. The number of carbonyl (C=O) groups excluding carboxylic acids is 1. The minimum atomic E-state index is -0.703. The number of unbranched alkanes of at least 4 members (excludes halogenated alkanes) is 8. The fraction of sp³-hybridized carbons (Fsp3) is 0.688. The lowest BCUT2D eigenvalue weighted by Gasteiger charge is -2.18. The van der Waals surface area contributed by atoms with Crippen LogP contribution in [0.1, 0.15) is 136 Å². The molecule has 0 bridgehead atoms. The van der Waals surface area contributed by atoms with Crippen LogP contribution < -0.4 is 0 Å². The van der Waals surface area contributed by atoms with E-state index in [-0.39, 0.29) is 18.5 Å². The van der Waals surface area contributed by atoms with Crippen molar-refractivity contribution >= 4 is 11.9 Å². The van der Waals surface area contributed by atoms with E-state index in [4.69, 9.17) is 9.84 Å². The summed E-state index contributed by atoms with van der Waals surface area (Å²) < 4.78 is 5.80. The summed E-state index contributed by atoms with van der Waals surface area (Å²) in [5.74, 6) is -0.750. The molecule has 1 atom stereocenters. The van der Waals surface area contributed by atoms with Gasteiger partial charge in [-0.2, -0.15) is 0 Å². The molecule has 0 aliphatic heterocycles. The van der Waals surface area contributed by atoms with Gasteiger partial charge in [-0.15, -0.1) is 0 Å². The Morgan fingerprint density at radius 2 is 1.17 bits per heavy atom. The Hall–Kier alpha value is -2.10. The van der Waals surface area contributed by atoms with Gasteiger partial charge in [-0.3, -0.25) is 9.59 Å². The molecule has 0 spiro atoms. The maximum Gasteiger partial charge on any atom is 0.306 e. The molecule has 0 aromatic rings. The number of hydrogen-bond acceptors (Lipinski definition) is 3. The molecule has 0 aromatic carbocycles. The molecule has 0 saturated heterocycles. The van der Waals surface area contributed by atoms with Crippen LogP contribution in [0.2, 0.25) is 0 Å². The Labute approximate surface area is 222 Å². The van der Waals surface area contributed by atoms with Crippen molar-refractivity contribution in [3.05, 3.63) is 48.6 Å². The molecule has 206 valence electrons. The lowest BCUT2D eigenvalue weighted by molar-refractivity contribution is -0.150. The molecule has 4 nitrogen and oxygen atoms in total. The van der Waals surface area contributed by atoms with Gasteiger partial charge in [0.25, 0.3) is 0 Å². The monoisotopic (exact) mass is 502 g/mol. The van der Waals surface area contributed by atoms with Crippen LogP contribution in [0.5, 0.6) is 0 Å². The number of esters is 1. The molecule has 0 heterocycles. The van der Waals surface area contributed by atoms with E-state index in [9.17, 15) is 9.59 Å². The molecule has 0 amide bonds. The molecular formula is C32H54O4. The highest BCUT2D eigenvalue weighted by atomic mass is 16.5. The zero-order chi connectivity index (χ0) is 26.5. The molecule has 0 fully saturated rings. The van der Waals surface area contributed by atoms with Crippen LogP contribution in [0, 0.1) is 0 Å². The molecule has 36 heavy (non-hydrogen) atoms. The summed E-state index contributed by atoms with van der Waals surface area (Å²) in [6.45, 7) is 4.32. The number of hydrogen-bond donors (Lipinski definition) is 1. The third-order valence-electron chi connectivity index (χ3n) is 6.07. The van der Waals surface area contributed by atoms with Crippen LogP contribution in [0.3, 0.4) is 0 Å². The Morgan fingerprint density at radius 3 is 1.78 bits per heavy atom. The lowest BCUT2D eigenvalue weighted by Crippen LogP contribution is -2.18. The maximum absolute atomic E-state index is 12.3. The largest absolute Gasteiger partial charge is 0.481 e. The van der Waals surface area contributed by atoms with Gasteiger partial charge >= 0.3 is 11.9 Å². The van der Waals surface area contributed by atoms with Crippen molar-refractivity contribution in [1.29, 1.82) is 0 Å². The number of carboxylic acid groups (broad SMARTS) is 1. The first-order valence-corrected chi connectivity index (χ1v) is 14.6. The van der Waals surface area contributed by atoms with Crippen LogP contribution in [0.25, 0.3) is 0 Å². The first kappa shape index (κ1) is 33.9. The van der Waals surface area contributed by atoms with E-state index in [0.717, 1.165) is 109 Å². The van der Waals surface area contributed by atoms with E-state index in [1.54, 1.807) is 0 Å². The third kappa shape index (κ3) is 26.5. The zero-order valence-corrected chi connectivity index (χ0v) is 23.3. The summed E-state index contributed by atoms with van der Waals surface area (Å²) >= 11 is 0. The number of allylic oxidation sites excluding steroid dienone is 8. The minimum absolute atomic E-state index is 0.0464. The first-order chi connectivity index (χ1) is 17.6. The molecule has 0 rings (SSSR count). The summed E-state index contributed by atoms with van der Waals surface area (Å²) in [5.41, 5.74) is 0. The van der Waals surface area contributed by atoms with Gasteiger partial charge in [-0.05, 0) is 70.6 Å². The van der Waals surface area contributed by atoms with Crippen LogP contribution >= 0.6 is 0 Å². The summed E-state index contributed by atoms with van der Waals surface area (Å²) in [6.07, 6.45) is 35.8. The summed E-state index contributed by atoms with van der Waals surface area (Å²) in [7, 11) is 0. The minimum Gasteiger partial charge on any atom is -0.481 e. The van der Waals surface area contributed by atoms with E-state index in [1.807, 2.05) is 0 Å². The molecule has 1 N–H and O–H groups in total. The lowest BCUT2D eigenvalue weighted by atomic mass is 10.0.